The number of nitro benzene ring substituents is 1. The number of aryl methyl sites for hydroxylation is 1. The number of hydrogen-bond donors (Lipinski definition) is 0. The van der Waals surface area contributed by atoms with Crippen molar-refractivity contribution in [1.82, 2.24) is 4.98 Å². The Kier molecular flexibility index (Phi) is 3.64. The summed E-state index contributed by atoms with van der Waals surface area (Å²) >= 11 is 0. The number of ether oxygens (including phenoxy) is 2. The summed E-state index contributed by atoms with van der Waals surface area (Å²) in [6.07, 6.45) is 1.03. The maximum Gasteiger partial charge on any atom is 0.278 e. The zero-order valence-electron chi connectivity index (χ0n) is 11.5. The van der Waals surface area contributed by atoms with Crippen molar-refractivity contribution >= 4 is 5.69 Å². The predicted octanol–water partition coefficient (Wildman–Crippen LogP) is 3.01. The lowest BCUT2D eigenvalue weighted by Crippen LogP contribution is -2.03. The van der Waals surface area contributed by atoms with Crippen LogP contribution in [0.15, 0.2) is 36.5 Å². The SMILES string of the molecule is Cc1ccnc(-c2ccc(C3OCCO3)c([N+](=O)[O-])c2)c1. The van der Waals surface area contributed by atoms with Gasteiger partial charge in [0.15, 0.2) is 6.29 Å². The van der Waals surface area contributed by atoms with Crippen molar-refractivity contribution in [2.75, 3.05) is 13.2 Å². The lowest BCUT2D eigenvalue weighted by atomic mass is 10.0. The summed E-state index contributed by atoms with van der Waals surface area (Å²) < 4.78 is 10.7. The molecule has 0 bridgehead atoms. The second-order valence-electron chi connectivity index (χ2n) is 4.82. The van der Waals surface area contributed by atoms with Gasteiger partial charge in [-0.1, -0.05) is 6.07 Å². The maximum atomic E-state index is 11.3. The van der Waals surface area contributed by atoms with E-state index in [0.29, 0.717) is 30.0 Å². The van der Waals surface area contributed by atoms with Crippen LogP contribution in [0.4, 0.5) is 5.69 Å². The van der Waals surface area contributed by atoms with Gasteiger partial charge in [-0.05, 0) is 30.7 Å². The zero-order valence-corrected chi connectivity index (χ0v) is 11.5. The van der Waals surface area contributed by atoms with Crippen LogP contribution in [0.5, 0.6) is 0 Å². The van der Waals surface area contributed by atoms with Crippen LogP contribution < -0.4 is 0 Å². The molecule has 6 nitrogen and oxygen atoms in total. The van der Waals surface area contributed by atoms with E-state index in [9.17, 15) is 10.1 Å². The number of nitrogens with zero attached hydrogens (tertiary/aromatic N) is 2. The first kappa shape index (κ1) is 13.7. The highest BCUT2D eigenvalue weighted by atomic mass is 16.7. The van der Waals surface area contributed by atoms with Gasteiger partial charge in [0.25, 0.3) is 5.69 Å². The van der Waals surface area contributed by atoms with Crippen LogP contribution in [0, 0.1) is 17.0 Å². The van der Waals surface area contributed by atoms with Crippen LogP contribution >= 0.6 is 0 Å². The molecular weight excluding hydrogens is 272 g/mol. The Morgan fingerprint density at radius 2 is 2.00 bits per heavy atom. The van der Waals surface area contributed by atoms with E-state index >= 15 is 0 Å². The van der Waals surface area contributed by atoms with Crippen LogP contribution in [0.3, 0.4) is 0 Å². The molecule has 21 heavy (non-hydrogen) atoms. The second kappa shape index (κ2) is 5.59. The van der Waals surface area contributed by atoms with Crippen LogP contribution in [-0.2, 0) is 9.47 Å². The third-order valence-electron chi connectivity index (χ3n) is 3.31. The molecule has 0 N–H and O–H groups in total. The van der Waals surface area contributed by atoms with Crippen molar-refractivity contribution in [3.63, 3.8) is 0 Å². The van der Waals surface area contributed by atoms with Crippen molar-refractivity contribution in [3.05, 3.63) is 57.8 Å². The topological polar surface area (TPSA) is 74.5 Å². The molecule has 0 spiro atoms. The van der Waals surface area contributed by atoms with Gasteiger partial charge in [-0.2, -0.15) is 0 Å². The van der Waals surface area contributed by atoms with E-state index in [1.54, 1.807) is 18.3 Å². The summed E-state index contributed by atoms with van der Waals surface area (Å²) in [5.41, 5.74) is 2.89. The van der Waals surface area contributed by atoms with Gasteiger partial charge in [-0.25, -0.2) is 0 Å². The molecule has 1 aromatic heterocycles. The molecule has 1 fully saturated rings. The van der Waals surface area contributed by atoms with E-state index < -0.39 is 11.2 Å². The smallest absolute Gasteiger partial charge is 0.278 e. The van der Waals surface area contributed by atoms with E-state index in [1.165, 1.54) is 6.07 Å². The minimum atomic E-state index is -0.662. The molecule has 2 aromatic rings. The van der Waals surface area contributed by atoms with Gasteiger partial charge in [-0.3, -0.25) is 15.1 Å². The van der Waals surface area contributed by atoms with Crippen molar-refractivity contribution in [1.29, 1.82) is 0 Å². The van der Waals surface area contributed by atoms with E-state index in [-0.39, 0.29) is 5.69 Å². The highest BCUT2D eigenvalue weighted by Crippen LogP contribution is 2.34. The second-order valence-corrected chi connectivity index (χ2v) is 4.82. The molecule has 0 unspecified atom stereocenters. The summed E-state index contributed by atoms with van der Waals surface area (Å²) in [6, 6.07) is 8.76. The van der Waals surface area contributed by atoms with Crippen molar-refractivity contribution < 1.29 is 14.4 Å². The zero-order chi connectivity index (χ0) is 14.8. The fourth-order valence-electron chi connectivity index (χ4n) is 2.29. The fourth-order valence-corrected chi connectivity index (χ4v) is 2.29. The lowest BCUT2D eigenvalue weighted by Gasteiger charge is -2.11. The first-order valence-electron chi connectivity index (χ1n) is 6.60. The van der Waals surface area contributed by atoms with E-state index in [1.807, 2.05) is 19.1 Å². The highest BCUT2D eigenvalue weighted by molar-refractivity contribution is 5.65. The Labute approximate surface area is 121 Å². The first-order chi connectivity index (χ1) is 10.1. The number of hydrogen-bond acceptors (Lipinski definition) is 5. The third kappa shape index (κ3) is 2.76. The number of aromatic nitrogens is 1. The van der Waals surface area contributed by atoms with E-state index in [4.69, 9.17) is 9.47 Å². The van der Waals surface area contributed by atoms with Gasteiger partial charge in [0.05, 0.1) is 29.4 Å². The van der Waals surface area contributed by atoms with Gasteiger partial charge in [0, 0.05) is 17.8 Å². The fraction of sp³-hybridized carbons (Fsp3) is 0.267. The predicted molar refractivity (Wildman–Crippen MR) is 75.7 cm³/mol. The molecule has 1 aliphatic heterocycles. The standard InChI is InChI=1S/C15H14N2O4/c1-10-4-5-16-13(8-10)11-2-3-12(14(9-11)17(18)19)15-20-6-7-21-15/h2-5,8-9,15H,6-7H2,1H3. The van der Waals surface area contributed by atoms with E-state index in [0.717, 1.165) is 5.56 Å². The number of pyridine rings is 1. The Morgan fingerprint density at radius 1 is 1.24 bits per heavy atom. The minimum Gasteiger partial charge on any atom is -0.346 e. The average Bonchev–Trinajstić information content (AvgIpc) is 3.00. The van der Waals surface area contributed by atoms with Crippen molar-refractivity contribution in [3.8, 4) is 11.3 Å². The number of benzene rings is 1. The molecule has 3 rings (SSSR count). The van der Waals surface area contributed by atoms with Crippen molar-refractivity contribution in [2.45, 2.75) is 13.2 Å². The summed E-state index contributed by atoms with van der Waals surface area (Å²) in [4.78, 5) is 15.1. The molecular formula is C15H14N2O4. The maximum absolute atomic E-state index is 11.3. The molecule has 108 valence electrons. The molecule has 1 saturated heterocycles. The van der Waals surface area contributed by atoms with Crippen LogP contribution in [0.1, 0.15) is 17.4 Å². The Bertz CT molecular complexity index is 681. The molecule has 0 radical (unpaired) electrons. The quantitative estimate of drug-likeness (QED) is 0.640. The molecule has 0 atom stereocenters. The monoisotopic (exact) mass is 286 g/mol. The molecule has 0 aliphatic carbocycles. The summed E-state index contributed by atoms with van der Waals surface area (Å²) in [5, 5.41) is 11.3. The summed E-state index contributed by atoms with van der Waals surface area (Å²) in [6.45, 7) is 2.85. The van der Waals surface area contributed by atoms with Gasteiger partial charge >= 0.3 is 0 Å². The summed E-state index contributed by atoms with van der Waals surface area (Å²) in [7, 11) is 0. The Hall–Kier alpha value is -2.31. The van der Waals surface area contributed by atoms with E-state index in [2.05, 4.69) is 4.98 Å². The largest absolute Gasteiger partial charge is 0.346 e. The highest BCUT2D eigenvalue weighted by Gasteiger charge is 2.27. The van der Waals surface area contributed by atoms with Gasteiger partial charge in [0.2, 0.25) is 0 Å². The summed E-state index contributed by atoms with van der Waals surface area (Å²) in [5.74, 6) is 0. The lowest BCUT2D eigenvalue weighted by molar-refractivity contribution is -0.386. The van der Waals surface area contributed by atoms with Crippen LogP contribution in [-0.4, -0.2) is 23.1 Å². The number of nitro groups is 1. The molecule has 0 saturated carbocycles. The minimum absolute atomic E-state index is 0.0114. The van der Waals surface area contributed by atoms with Gasteiger partial charge < -0.3 is 9.47 Å². The molecule has 1 aliphatic rings. The molecule has 6 heteroatoms. The van der Waals surface area contributed by atoms with Crippen LogP contribution in [0.2, 0.25) is 0 Å². The average molecular weight is 286 g/mol. The Morgan fingerprint density at radius 3 is 2.67 bits per heavy atom. The third-order valence-corrected chi connectivity index (χ3v) is 3.31. The van der Waals surface area contributed by atoms with Crippen molar-refractivity contribution in [2.24, 2.45) is 0 Å². The Balaban J connectivity index is 2.04. The molecule has 1 aromatic carbocycles. The normalized spacial score (nSPS) is 15.3. The van der Waals surface area contributed by atoms with Gasteiger partial charge in [0.1, 0.15) is 0 Å². The van der Waals surface area contributed by atoms with Crippen LogP contribution in [0.25, 0.3) is 11.3 Å². The van der Waals surface area contributed by atoms with Gasteiger partial charge in [-0.15, -0.1) is 0 Å². The molecule has 2 heterocycles. The molecule has 0 amide bonds. The number of rotatable bonds is 3. The first-order valence-corrected chi connectivity index (χ1v) is 6.60.